The highest BCUT2D eigenvalue weighted by molar-refractivity contribution is 6.42. The van der Waals surface area contributed by atoms with Gasteiger partial charge in [-0.15, -0.1) is 0 Å². The van der Waals surface area contributed by atoms with Crippen molar-refractivity contribution < 1.29 is 5.11 Å². The highest BCUT2D eigenvalue weighted by Gasteiger charge is 2.11. The van der Waals surface area contributed by atoms with Gasteiger partial charge >= 0.3 is 0 Å². The van der Waals surface area contributed by atoms with Gasteiger partial charge in [0, 0.05) is 12.6 Å². The predicted octanol–water partition coefficient (Wildman–Crippen LogP) is 2.98. The van der Waals surface area contributed by atoms with Crippen LogP contribution in [0.3, 0.4) is 0 Å². The van der Waals surface area contributed by atoms with E-state index in [4.69, 9.17) is 28.3 Å². The number of aliphatic hydroxyl groups is 1. The van der Waals surface area contributed by atoms with Crippen molar-refractivity contribution in [3.8, 4) is 0 Å². The lowest BCUT2D eigenvalue weighted by molar-refractivity contribution is 0.189. The van der Waals surface area contributed by atoms with Crippen LogP contribution in [0.15, 0.2) is 18.2 Å². The maximum atomic E-state index is 8.84. The Morgan fingerprint density at radius 1 is 1.33 bits per heavy atom. The van der Waals surface area contributed by atoms with Gasteiger partial charge in [0.15, 0.2) is 0 Å². The summed E-state index contributed by atoms with van der Waals surface area (Å²) in [5, 5.41) is 9.98. The molecule has 0 aromatic heterocycles. The van der Waals surface area contributed by atoms with E-state index in [9.17, 15) is 0 Å². The first-order chi connectivity index (χ1) is 7.06. The van der Waals surface area contributed by atoms with E-state index >= 15 is 0 Å². The first-order valence-corrected chi connectivity index (χ1v) is 5.58. The van der Waals surface area contributed by atoms with Crippen LogP contribution in [0.2, 0.25) is 10.0 Å². The fraction of sp³-hybridized carbons (Fsp3) is 0.455. The van der Waals surface area contributed by atoms with E-state index in [-0.39, 0.29) is 12.6 Å². The van der Waals surface area contributed by atoms with Gasteiger partial charge in [-0.05, 0) is 31.7 Å². The maximum absolute atomic E-state index is 8.84. The maximum Gasteiger partial charge on any atom is 0.0595 e. The summed E-state index contributed by atoms with van der Waals surface area (Å²) in [7, 11) is 1.96. The monoisotopic (exact) mass is 247 g/mol. The second-order valence-electron chi connectivity index (χ2n) is 3.55. The van der Waals surface area contributed by atoms with E-state index < -0.39 is 0 Å². The Hall–Kier alpha value is -0.280. The van der Waals surface area contributed by atoms with Crippen molar-refractivity contribution in [3.05, 3.63) is 33.8 Å². The summed E-state index contributed by atoms with van der Waals surface area (Å²) in [5.41, 5.74) is 1.10. The topological polar surface area (TPSA) is 23.5 Å². The molecule has 1 rings (SSSR count). The molecule has 0 fully saturated rings. The van der Waals surface area contributed by atoms with Crippen LogP contribution in [0, 0.1) is 0 Å². The Labute approximate surface area is 100 Å². The van der Waals surface area contributed by atoms with Crippen LogP contribution in [-0.2, 0) is 0 Å². The van der Waals surface area contributed by atoms with E-state index in [0.717, 1.165) is 5.56 Å². The summed E-state index contributed by atoms with van der Waals surface area (Å²) in [4.78, 5) is 2.06. The third-order valence-electron chi connectivity index (χ3n) is 2.54. The van der Waals surface area contributed by atoms with E-state index in [1.807, 2.05) is 19.2 Å². The zero-order chi connectivity index (χ0) is 11.4. The molecule has 0 aliphatic heterocycles. The first-order valence-electron chi connectivity index (χ1n) is 4.82. The van der Waals surface area contributed by atoms with Crippen molar-refractivity contribution in [1.29, 1.82) is 0 Å². The minimum Gasteiger partial charge on any atom is -0.395 e. The van der Waals surface area contributed by atoms with Crippen molar-refractivity contribution in [2.75, 3.05) is 20.2 Å². The third-order valence-corrected chi connectivity index (χ3v) is 3.28. The Bertz CT molecular complexity index is 330. The lowest BCUT2D eigenvalue weighted by Gasteiger charge is -2.24. The van der Waals surface area contributed by atoms with E-state index in [0.29, 0.717) is 16.6 Å². The molecule has 0 amide bonds. The van der Waals surface area contributed by atoms with Crippen molar-refractivity contribution in [2.45, 2.75) is 13.0 Å². The molecule has 84 valence electrons. The minimum atomic E-state index is 0.155. The lowest BCUT2D eigenvalue weighted by atomic mass is 10.1. The molecule has 1 unspecified atom stereocenters. The molecule has 0 spiro atoms. The van der Waals surface area contributed by atoms with Crippen LogP contribution in [-0.4, -0.2) is 30.2 Å². The zero-order valence-corrected chi connectivity index (χ0v) is 10.4. The van der Waals surface area contributed by atoms with Gasteiger partial charge in [-0.1, -0.05) is 29.3 Å². The van der Waals surface area contributed by atoms with Crippen molar-refractivity contribution >= 4 is 23.2 Å². The SMILES string of the molecule is CC(c1ccc(Cl)c(Cl)c1)N(C)CCO. The Balaban J connectivity index is 2.81. The Morgan fingerprint density at radius 3 is 2.53 bits per heavy atom. The molecule has 1 atom stereocenters. The summed E-state index contributed by atoms with van der Waals surface area (Å²) >= 11 is 11.8. The van der Waals surface area contributed by atoms with Crippen LogP contribution in [0.4, 0.5) is 0 Å². The number of hydrogen-bond donors (Lipinski definition) is 1. The van der Waals surface area contributed by atoms with Gasteiger partial charge in [-0.2, -0.15) is 0 Å². The average molecular weight is 248 g/mol. The normalized spacial score (nSPS) is 13.2. The van der Waals surface area contributed by atoms with Crippen LogP contribution in [0.5, 0.6) is 0 Å². The largest absolute Gasteiger partial charge is 0.395 e. The molecule has 4 heteroatoms. The first kappa shape index (κ1) is 12.8. The quantitative estimate of drug-likeness (QED) is 0.885. The summed E-state index contributed by atoms with van der Waals surface area (Å²) in [5.74, 6) is 0. The molecule has 0 saturated carbocycles. The summed E-state index contributed by atoms with van der Waals surface area (Å²) in [6.07, 6.45) is 0. The molecule has 2 nitrogen and oxygen atoms in total. The van der Waals surface area contributed by atoms with Gasteiger partial charge in [0.25, 0.3) is 0 Å². The third kappa shape index (κ3) is 3.35. The van der Waals surface area contributed by atoms with Crippen LogP contribution in [0.1, 0.15) is 18.5 Å². The molecule has 1 aromatic carbocycles. The molecule has 0 heterocycles. The molecule has 0 saturated heterocycles. The number of benzene rings is 1. The van der Waals surface area contributed by atoms with Crippen LogP contribution in [0.25, 0.3) is 0 Å². The molecular formula is C11H15Cl2NO. The highest BCUT2D eigenvalue weighted by Crippen LogP contribution is 2.27. The Kier molecular flexibility index (Phi) is 4.87. The molecule has 15 heavy (non-hydrogen) atoms. The van der Waals surface area contributed by atoms with Gasteiger partial charge in [-0.3, -0.25) is 4.90 Å². The molecule has 0 aliphatic carbocycles. The smallest absolute Gasteiger partial charge is 0.0595 e. The summed E-state index contributed by atoms with van der Waals surface area (Å²) in [6.45, 7) is 2.86. The van der Waals surface area contributed by atoms with Crippen molar-refractivity contribution in [1.82, 2.24) is 4.90 Å². The van der Waals surface area contributed by atoms with Crippen LogP contribution >= 0.6 is 23.2 Å². The molecule has 0 bridgehead atoms. The van der Waals surface area contributed by atoms with Gasteiger partial charge in [0.05, 0.1) is 16.7 Å². The summed E-state index contributed by atoms with van der Waals surface area (Å²) in [6, 6.07) is 5.82. The molecule has 0 aliphatic rings. The number of rotatable bonds is 4. The van der Waals surface area contributed by atoms with Gasteiger partial charge < -0.3 is 5.11 Å². The standard InChI is InChI=1S/C11H15Cl2NO/c1-8(14(2)5-6-15)9-3-4-10(12)11(13)7-9/h3-4,7-8,15H,5-6H2,1-2H3. The zero-order valence-electron chi connectivity index (χ0n) is 8.87. The number of halogens is 2. The molecule has 0 radical (unpaired) electrons. The van der Waals surface area contributed by atoms with Crippen molar-refractivity contribution in [3.63, 3.8) is 0 Å². The van der Waals surface area contributed by atoms with Gasteiger partial charge in [0.2, 0.25) is 0 Å². The number of hydrogen-bond acceptors (Lipinski definition) is 2. The lowest BCUT2D eigenvalue weighted by Crippen LogP contribution is -2.25. The number of likely N-dealkylation sites (N-methyl/N-ethyl adjacent to an activating group) is 1. The van der Waals surface area contributed by atoms with E-state index in [2.05, 4.69) is 11.8 Å². The fourth-order valence-corrected chi connectivity index (χ4v) is 1.68. The second kappa shape index (κ2) is 5.71. The second-order valence-corrected chi connectivity index (χ2v) is 4.37. The summed E-state index contributed by atoms with van der Waals surface area (Å²) < 4.78 is 0. The molecular weight excluding hydrogens is 233 g/mol. The van der Waals surface area contributed by atoms with Crippen molar-refractivity contribution in [2.24, 2.45) is 0 Å². The average Bonchev–Trinajstić information content (AvgIpc) is 2.21. The van der Waals surface area contributed by atoms with E-state index in [1.54, 1.807) is 6.07 Å². The van der Waals surface area contributed by atoms with Gasteiger partial charge in [0.1, 0.15) is 0 Å². The predicted molar refractivity (Wildman–Crippen MR) is 64.6 cm³/mol. The molecule has 1 aromatic rings. The number of nitrogens with zero attached hydrogens (tertiary/aromatic N) is 1. The van der Waals surface area contributed by atoms with E-state index in [1.165, 1.54) is 0 Å². The van der Waals surface area contributed by atoms with Crippen LogP contribution < -0.4 is 0 Å². The number of aliphatic hydroxyl groups excluding tert-OH is 1. The Morgan fingerprint density at radius 2 is 2.00 bits per heavy atom. The highest BCUT2D eigenvalue weighted by atomic mass is 35.5. The van der Waals surface area contributed by atoms with Gasteiger partial charge in [-0.25, -0.2) is 0 Å². The molecule has 1 N–H and O–H groups in total. The fourth-order valence-electron chi connectivity index (χ4n) is 1.38. The minimum absolute atomic E-state index is 0.155.